The molecule has 1 aliphatic carbocycles. The van der Waals surface area contributed by atoms with E-state index < -0.39 is 6.23 Å². The van der Waals surface area contributed by atoms with Gasteiger partial charge in [0.25, 0.3) is 0 Å². The number of aryl methyl sites for hydroxylation is 2. The number of aliphatic imine (C=N–C) groups is 1. The maximum absolute atomic E-state index is 12.0. The van der Waals surface area contributed by atoms with Gasteiger partial charge in [-0.05, 0) is 87.7 Å². The first-order chi connectivity index (χ1) is 21.2. The molecule has 3 aliphatic rings. The summed E-state index contributed by atoms with van der Waals surface area (Å²) in [6.07, 6.45) is 2.70. The Balaban J connectivity index is 1.37. The first-order valence-electron chi connectivity index (χ1n) is 15.7. The third-order valence-corrected chi connectivity index (χ3v) is 9.32. The monoisotopic (exact) mass is 616 g/mol. The molecule has 1 saturated carbocycles. The standard InChI is InChI=1S/C34H44N6O3S/c1-20(2)43-27-16-35-29(36-17-27)18-40-26(14-24-12-13-24)19-42-32-23(5)31(30-21(3)8-6-9-22(30)4)37-34(38-32)39-44-28-11-7-10-25(15-28)33(40)41/h6-11,15,20,24,26-27,33,41H,12-14,16-19H2,1-5H3,(H,35,36)(H,37,38,39)/t26-,33?/m1/s1. The second-order valence-corrected chi connectivity index (χ2v) is 13.4. The first-order valence-corrected chi connectivity index (χ1v) is 16.5. The van der Waals surface area contributed by atoms with Crippen LogP contribution in [0.25, 0.3) is 11.3 Å². The minimum Gasteiger partial charge on any atom is -0.476 e. The number of hydrogen-bond donors (Lipinski definition) is 3. The summed E-state index contributed by atoms with van der Waals surface area (Å²) in [6, 6.07) is 14.3. The summed E-state index contributed by atoms with van der Waals surface area (Å²) in [5, 5.41) is 15.4. The highest BCUT2D eigenvalue weighted by molar-refractivity contribution is 8.00. The van der Waals surface area contributed by atoms with E-state index in [4.69, 9.17) is 24.4 Å². The number of hydrogen-bond acceptors (Lipinski definition) is 10. The zero-order chi connectivity index (χ0) is 30.8. The predicted octanol–water partition coefficient (Wildman–Crippen LogP) is 5.84. The second kappa shape index (κ2) is 13.4. The maximum Gasteiger partial charge on any atom is 0.237 e. The van der Waals surface area contributed by atoms with Crippen molar-refractivity contribution in [2.24, 2.45) is 10.9 Å². The van der Waals surface area contributed by atoms with Gasteiger partial charge in [0, 0.05) is 28.6 Å². The molecule has 3 atom stereocenters. The molecule has 2 aromatic carbocycles. The molecule has 0 saturated heterocycles. The fraction of sp³-hybridized carbons (Fsp3) is 0.500. The van der Waals surface area contributed by atoms with Crippen molar-refractivity contribution in [3.8, 4) is 17.1 Å². The van der Waals surface area contributed by atoms with Crippen LogP contribution in [0.3, 0.4) is 0 Å². The molecule has 6 rings (SSSR count). The molecular formula is C34H44N6O3S. The Morgan fingerprint density at radius 2 is 1.86 bits per heavy atom. The van der Waals surface area contributed by atoms with E-state index in [1.165, 1.54) is 24.8 Å². The molecule has 0 radical (unpaired) electrons. The van der Waals surface area contributed by atoms with Crippen molar-refractivity contribution >= 4 is 23.7 Å². The fourth-order valence-electron chi connectivity index (χ4n) is 6.10. The van der Waals surface area contributed by atoms with Crippen LogP contribution < -0.4 is 14.8 Å². The third-order valence-electron chi connectivity index (χ3n) is 8.55. The van der Waals surface area contributed by atoms with E-state index in [0.717, 1.165) is 50.7 Å². The molecule has 234 valence electrons. The fourth-order valence-corrected chi connectivity index (χ4v) is 6.74. The molecule has 1 aromatic heterocycles. The molecule has 1 fully saturated rings. The number of benzene rings is 2. The number of ether oxygens (including phenoxy) is 2. The zero-order valence-electron chi connectivity index (χ0n) is 26.3. The number of fused-ring (bicyclic) bond motifs is 4. The lowest BCUT2D eigenvalue weighted by Crippen LogP contribution is -2.51. The Kier molecular flexibility index (Phi) is 9.42. The van der Waals surface area contributed by atoms with Crippen molar-refractivity contribution in [2.45, 2.75) is 83.3 Å². The van der Waals surface area contributed by atoms with Crippen LogP contribution in [-0.2, 0) is 4.74 Å². The number of aliphatic hydroxyl groups is 1. The van der Waals surface area contributed by atoms with E-state index in [-0.39, 0.29) is 18.2 Å². The topological polar surface area (TPSA) is 104 Å². The Morgan fingerprint density at radius 1 is 1.09 bits per heavy atom. The number of nitrogens with one attached hydrogen (secondary N) is 2. The van der Waals surface area contributed by atoms with Crippen LogP contribution in [0.15, 0.2) is 52.4 Å². The molecule has 0 spiro atoms. The molecule has 44 heavy (non-hydrogen) atoms. The number of aliphatic hydroxyl groups excluding tert-OH is 1. The lowest BCUT2D eigenvalue weighted by molar-refractivity contribution is -0.0338. The minimum absolute atomic E-state index is 0.0477. The van der Waals surface area contributed by atoms with Gasteiger partial charge in [-0.25, -0.2) is 4.98 Å². The Morgan fingerprint density at radius 3 is 2.57 bits per heavy atom. The van der Waals surface area contributed by atoms with E-state index in [0.29, 0.717) is 44.0 Å². The van der Waals surface area contributed by atoms with Gasteiger partial charge in [0.15, 0.2) is 0 Å². The van der Waals surface area contributed by atoms with Crippen LogP contribution in [0.2, 0.25) is 0 Å². The number of aromatic nitrogens is 2. The van der Waals surface area contributed by atoms with Crippen LogP contribution in [0.5, 0.6) is 5.88 Å². The van der Waals surface area contributed by atoms with Gasteiger partial charge in [-0.2, -0.15) is 4.98 Å². The van der Waals surface area contributed by atoms with Crippen LogP contribution >= 0.6 is 11.9 Å². The van der Waals surface area contributed by atoms with Crippen molar-refractivity contribution < 1.29 is 14.6 Å². The molecule has 3 aromatic rings. The van der Waals surface area contributed by atoms with Crippen LogP contribution in [0.1, 0.15) is 61.6 Å². The summed E-state index contributed by atoms with van der Waals surface area (Å²) in [5.41, 5.74) is 6.01. The lowest BCUT2D eigenvalue weighted by atomic mass is 9.97. The van der Waals surface area contributed by atoms with E-state index in [2.05, 4.69) is 47.0 Å². The molecule has 10 heteroatoms. The van der Waals surface area contributed by atoms with Gasteiger partial charge in [-0.3, -0.25) is 14.6 Å². The normalized spacial score (nSPS) is 22.5. The second-order valence-electron chi connectivity index (χ2n) is 12.5. The Hall–Kier alpha value is -3.18. The highest BCUT2D eigenvalue weighted by Crippen LogP contribution is 2.38. The summed E-state index contributed by atoms with van der Waals surface area (Å²) in [7, 11) is 0. The summed E-state index contributed by atoms with van der Waals surface area (Å²) < 4.78 is 16.0. The van der Waals surface area contributed by atoms with Gasteiger partial charge < -0.3 is 19.9 Å². The van der Waals surface area contributed by atoms with Crippen molar-refractivity contribution in [1.82, 2.24) is 20.2 Å². The largest absolute Gasteiger partial charge is 0.476 e. The van der Waals surface area contributed by atoms with Gasteiger partial charge in [0.1, 0.15) is 18.7 Å². The number of nitrogens with zero attached hydrogens (tertiary/aromatic N) is 4. The smallest absolute Gasteiger partial charge is 0.237 e. The molecule has 4 bridgehead atoms. The summed E-state index contributed by atoms with van der Waals surface area (Å²) in [5.74, 6) is 2.54. The van der Waals surface area contributed by atoms with E-state index in [1.807, 2.05) is 45.0 Å². The molecule has 2 aliphatic heterocycles. The Labute approximate surface area is 265 Å². The summed E-state index contributed by atoms with van der Waals surface area (Å²) in [6.45, 7) is 12.5. The average molecular weight is 617 g/mol. The zero-order valence-corrected chi connectivity index (χ0v) is 27.2. The maximum atomic E-state index is 12.0. The SMILES string of the molecule is Cc1cccc(C)c1-c1nc2nc(c1C)OC[C@@H](CC1CC1)N(CC1=NCC(OC(C)C)CN1)C(O)c1cccc(c1)SN2. The quantitative estimate of drug-likeness (QED) is 0.283. The highest BCUT2D eigenvalue weighted by Gasteiger charge is 2.35. The van der Waals surface area contributed by atoms with Gasteiger partial charge >= 0.3 is 0 Å². The van der Waals surface area contributed by atoms with Crippen LogP contribution in [-0.4, -0.2) is 70.3 Å². The molecule has 9 nitrogen and oxygen atoms in total. The third kappa shape index (κ3) is 7.20. The van der Waals surface area contributed by atoms with Gasteiger partial charge in [0.2, 0.25) is 11.8 Å². The molecule has 3 N–H and O–H groups in total. The molecule has 3 heterocycles. The van der Waals surface area contributed by atoms with Gasteiger partial charge in [0.05, 0.1) is 31.0 Å². The molecule has 0 amide bonds. The van der Waals surface area contributed by atoms with E-state index in [9.17, 15) is 5.11 Å². The molecule has 2 unspecified atom stereocenters. The van der Waals surface area contributed by atoms with Crippen LogP contribution in [0, 0.1) is 26.7 Å². The van der Waals surface area contributed by atoms with Gasteiger partial charge in [-0.1, -0.05) is 43.2 Å². The number of amidine groups is 1. The predicted molar refractivity (Wildman–Crippen MR) is 176 cm³/mol. The van der Waals surface area contributed by atoms with Crippen molar-refractivity contribution in [2.75, 3.05) is 31.0 Å². The first kappa shape index (κ1) is 30.8. The van der Waals surface area contributed by atoms with E-state index in [1.54, 1.807) is 0 Å². The number of rotatable bonds is 7. The number of anilines is 1. The molecular weight excluding hydrogens is 572 g/mol. The minimum atomic E-state index is -0.835. The van der Waals surface area contributed by atoms with Crippen molar-refractivity contribution in [3.05, 3.63) is 64.7 Å². The van der Waals surface area contributed by atoms with Crippen molar-refractivity contribution in [3.63, 3.8) is 0 Å². The summed E-state index contributed by atoms with van der Waals surface area (Å²) >= 11 is 1.43. The van der Waals surface area contributed by atoms with Gasteiger partial charge in [-0.15, -0.1) is 0 Å². The van der Waals surface area contributed by atoms with Crippen molar-refractivity contribution in [1.29, 1.82) is 0 Å². The van der Waals surface area contributed by atoms with Crippen LogP contribution in [0.4, 0.5) is 5.95 Å². The average Bonchev–Trinajstić information content (AvgIpc) is 3.83. The summed E-state index contributed by atoms with van der Waals surface area (Å²) in [4.78, 5) is 17.8. The van der Waals surface area contributed by atoms with E-state index >= 15 is 0 Å². The Bertz CT molecular complexity index is 1490. The highest BCUT2D eigenvalue weighted by atomic mass is 32.2. The lowest BCUT2D eigenvalue weighted by Gasteiger charge is -2.37.